The summed E-state index contributed by atoms with van der Waals surface area (Å²) in [7, 11) is 1.69. The highest BCUT2D eigenvalue weighted by molar-refractivity contribution is 6.30. The molecule has 5 nitrogen and oxygen atoms in total. The number of rotatable bonds is 6. The second-order valence-electron chi connectivity index (χ2n) is 6.34. The fourth-order valence-electron chi connectivity index (χ4n) is 3.14. The number of piperazine rings is 1. The number of amides is 1. The first-order valence-corrected chi connectivity index (χ1v) is 9.15. The van der Waals surface area contributed by atoms with Crippen molar-refractivity contribution < 1.29 is 9.53 Å². The van der Waals surface area contributed by atoms with Gasteiger partial charge in [0.1, 0.15) is 5.75 Å². The first-order chi connectivity index (χ1) is 12.7. The van der Waals surface area contributed by atoms with Crippen molar-refractivity contribution in [2.75, 3.05) is 44.7 Å². The number of carbonyl (C=O) groups excluding carboxylic acids is 1. The van der Waals surface area contributed by atoms with Gasteiger partial charge in [-0.2, -0.15) is 0 Å². The average Bonchev–Trinajstić information content (AvgIpc) is 2.67. The molecule has 1 heterocycles. The zero-order valence-corrected chi connectivity index (χ0v) is 15.7. The molecule has 1 amide bonds. The van der Waals surface area contributed by atoms with E-state index in [2.05, 4.69) is 21.2 Å². The van der Waals surface area contributed by atoms with Crippen molar-refractivity contribution in [1.29, 1.82) is 0 Å². The molecule has 0 aromatic heterocycles. The number of hydrogen-bond donors (Lipinski definition) is 1. The lowest BCUT2D eigenvalue weighted by Crippen LogP contribution is -2.49. The number of para-hydroxylation sites is 2. The Balaban J connectivity index is 1.45. The summed E-state index contributed by atoms with van der Waals surface area (Å²) in [6.07, 6.45) is 0. The highest BCUT2D eigenvalue weighted by Crippen LogP contribution is 2.28. The zero-order chi connectivity index (χ0) is 18.4. The van der Waals surface area contributed by atoms with Gasteiger partial charge in [-0.15, -0.1) is 0 Å². The van der Waals surface area contributed by atoms with E-state index in [9.17, 15) is 4.79 Å². The normalized spacial score (nSPS) is 14.9. The Morgan fingerprint density at radius 2 is 1.88 bits per heavy atom. The average molecular weight is 374 g/mol. The predicted molar refractivity (Wildman–Crippen MR) is 105 cm³/mol. The maximum Gasteiger partial charge on any atom is 0.234 e. The smallest absolute Gasteiger partial charge is 0.234 e. The molecular formula is C20H24ClN3O2. The number of benzene rings is 2. The van der Waals surface area contributed by atoms with E-state index in [1.54, 1.807) is 7.11 Å². The first kappa shape index (κ1) is 18.5. The highest BCUT2D eigenvalue weighted by atomic mass is 35.5. The van der Waals surface area contributed by atoms with Gasteiger partial charge in [-0.1, -0.05) is 35.9 Å². The van der Waals surface area contributed by atoms with E-state index >= 15 is 0 Å². The fraction of sp³-hybridized carbons (Fsp3) is 0.350. The summed E-state index contributed by atoms with van der Waals surface area (Å²) >= 11 is 5.97. The minimum atomic E-state index is 0.0377. The number of nitrogens with one attached hydrogen (secondary N) is 1. The third kappa shape index (κ3) is 4.90. The van der Waals surface area contributed by atoms with E-state index < -0.39 is 0 Å². The third-order valence-corrected chi connectivity index (χ3v) is 4.78. The number of halogens is 1. The molecule has 0 saturated carbocycles. The molecule has 26 heavy (non-hydrogen) atoms. The van der Waals surface area contributed by atoms with Crippen LogP contribution in [0.25, 0.3) is 0 Å². The molecule has 0 atom stereocenters. The van der Waals surface area contributed by atoms with Crippen LogP contribution in [0.1, 0.15) is 5.56 Å². The van der Waals surface area contributed by atoms with Gasteiger partial charge in [-0.25, -0.2) is 0 Å². The number of ether oxygens (including phenoxy) is 1. The van der Waals surface area contributed by atoms with Crippen LogP contribution in [0.4, 0.5) is 5.69 Å². The molecule has 0 bridgehead atoms. The molecule has 0 aliphatic carbocycles. The number of hydrogen-bond acceptors (Lipinski definition) is 4. The van der Waals surface area contributed by atoms with Gasteiger partial charge in [-0.05, 0) is 29.8 Å². The number of anilines is 1. The van der Waals surface area contributed by atoms with Gasteiger partial charge in [0.15, 0.2) is 0 Å². The van der Waals surface area contributed by atoms with E-state index in [1.165, 1.54) is 0 Å². The van der Waals surface area contributed by atoms with Crippen LogP contribution in [0, 0.1) is 0 Å². The topological polar surface area (TPSA) is 44.8 Å². The molecule has 138 valence electrons. The lowest BCUT2D eigenvalue weighted by molar-refractivity contribution is -0.122. The molecule has 0 radical (unpaired) electrons. The van der Waals surface area contributed by atoms with Crippen LogP contribution in [0.3, 0.4) is 0 Å². The molecule has 1 aliphatic rings. The van der Waals surface area contributed by atoms with Crippen molar-refractivity contribution in [2.45, 2.75) is 6.54 Å². The Morgan fingerprint density at radius 3 is 2.62 bits per heavy atom. The Bertz CT molecular complexity index is 745. The van der Waals surface area contributed by atoms with E-state index in [-0.39, 0.29) is 5.91 Å². The summed E-state index contributed by atoms with van der Waals surface area (Å²) in [5.74, 6) is 0.927. The van der Waals surface area contributed by atoms with Crippen molar-refractivity contribution in [2.24, 2.45) is 0 Å². The van der Waals surface area contributed by atoms with Gasteiger partial charge < -0.3 is 15.0 Å². The molecule has 1 saturated heterocycles. The minimum Gasteiger partial charge on any atom is -0.495 e. The quantitative estimate of drug-likeness (QED) is 0.845. The zero-order valence-electron chi connectivity index (χ0n) is 15.0. The molecule has 1 fully saturated rings. The van der Waals surface area contributed by atoms with E-state index in [1.807, 2.05) is 42.5 Å². The number of carbonyl (C=O) groups is 1. The largest absolute Gasteiger partial charge is 0.495 e. The molecule has 0 spiro atoms. The predicted octanol–water partition coefficient (Wildman–Crippen LogP) is 2.79. The lowest BCUT2D eigenvalue weighted by Gasteiger charge is -2.36. The van der Waals surface area contributed by atoms with Crippen molar-refractivity contribution >= 4 is 23.2 Å². The summed E-state index contributed by atoms with van der Waals surface area (Å²) in [6.45, 7) is 4.37. The summed E-state index contributed by atoms with van der Waals surface area (Å²) in [4.78, 5) is 16.7. The molecule has 0 unspecified atom stereocenters. The maximum atomic E-state index is 12.2. The monoisotopic (exact) mass is 373 g/mol. The summed E-state index contributed by atoms with van der Waals surface area (Å²) in [6, 6.07) is 15.6. The molecule has 1 N–H and O–H groups in total. The van der Waals surface area contributed by atoms with Crippen LogP contribution < -0.4 is 15.0 Å². The van der Waals surface area contributed by atoms with Crippen LogP contribution >= 0.6 is 11.6 Å². The van der Waals surface area contributed by atoms with Crippen LogP contribution in [-0.4, -0.2) is 50.6 Å². The summed E-state index contributed by atoms with van der Waals surface area (Å²) in [5, 5.41) is 3.65. The second-order valence-corrected chi connectivity index (χ2v) is 6.78. The van der Waals surface area contributed by atoms with Crippen LogP contribution in [0.2, 0.25) is 5.02 Å². The van der Waals surface area contributed by atoms with Gasteiger partial charge >= 0.3 is 0 Å². The van der Waals surface area contributed by atoms with Gasteiger partial charge in [0.25, 0.3) is 0 Å². The molecule has 6 heteroatoms. The summed E-state index contributed by atoms with van der Waals surface area (Å²) < 4.78 is 5.44. The van der Waals surface area contributed by atoms with Crippen LogP contribution in [-0.2, 0) is 11.3 Å². The van der Waals surface area contributed by atoms with E-state index in [0.29, 0.717) is 18.1 Å². The summed E-state index contributed by atoms with van der Waals surface area (Å²) in [5.41, 5.74) is 2.12. The van der Waals surface area contributed by atoms with Gasteiger partial charge in [0.05, 0.1) is 19.3 Å². The van der Waals surface area contributed by atoms with E-state index in [4.69, 9.17) is 16.3 Å². The Labute approximate surface area is 159 Å². The van der Waals surface area contributed by atoms with Crippen molar-refractivity contribution in [3.63, 3.8) is 0 Å². The van der Waals surface area contributed by atoms with Crippen LogP contribution in [0.5, 0.6) is 5.75 Å². The number of nitrogens with zero attached hydrogens (tertiary/aromatic N) is 2. The molecular weight excluding hydrogens is 350 g/mol. The van der Waals surface area contributed by atoms with Crippen molar-refractivity contribution in [3.05, 3.63) is 59.1 Å². The highest BCUT2D eigenvalue weighted by Gasteiger charge is 2.20. The molecule has 1 aliphatic heterocycles. The minimum absolute atomic E-state index is 0.0377. The van der Waals surface area contributed by atoms with Crippen molar-refractivity contribution in [1.82, 2.24) is 10.2 Å². The SMILES string of the molecule is COc1ccccc1N1CCN(CC(=O)NCc2cccc(Cl)c2)CC1. The van der Waals surface area contributed by atoms with Crippen LogP contribution in [0.15, 0.2) is 48.5 Å². The third-order valence-electron chi connectivity index (χ3n) is 4.54. The Kier molecular flexibility index (Phi) is 6.36. The van der Waals surface area contributed by atoms with Crippen molar-refractivity contribution in [3.8, 4) is 5.75 Å². The Morgan fingerprint density at radius 1 is 1.12 bits per heavy atom. The Hall–Kier alpha value is -2.24. The maximum absolute atomic E-state index is 12.2. The second kappa shape index (κ2) is 8.92. The molecule has 2 aromatic carbocycles. The first-order valence-electron chi connectivity index (χ1n) is 8.77. The molecule has 3 rings (SSSR count). The fourth-order valence-corrected chi connectivity index (χ4v) is 3.36. The van der Waals surface area contributed by atoms with Gasteiger partial charge in [0.2, 0.25) is 5.91 Å². The van der Waals surface area contributed by atoms with Gasteiger partial charge in [0, 0.05) is 37.7 Å². The molecule has 2 aromatic rings. The van der Waals surface area contributed by atoms with E-state index in [0.717, 1.165) is 43.2 Å². The lowest BCUT2D eigenvalue weighted by atomic mass is 10.2. The standard InChI is InChI=1S/C20H24ClN3O2/c1-26-19-8-3-2-7-18(19)24-11-9-23(10-12-24)15-20(25)22-14-16-5-4-6-17(21)13-16/h2-8,13H,9-12,14-15H2,1H3,(H,22,25). The van der Waals surface area contributed by atoms with Gasteiger partial charge in [-0.3, -0.25) is 9.69 Å². The number of methoxy groups -OCH3 is 1.